The Morgan fingerprint density at radius 1 is 1.19 bits per heavy atom. The van der Waals surface area contributed by atoms with Crippen molar-refractivity contribution in [3.05, 3.63) is 70.7 Å². The maximum Gasteiger partial charge on any atom is 0.226 e. The number of benzene rings is 2. The SMILES string of the molecule is CCOc1ccc(-c2nc(CC(=O)NCc3ccc(C#N)cc3)cs2)cc1. The molecule has 3 rings (SSSR count). The number of nitrogens with one attached hydrogen (secondary N) is 1. The topological polar surface area (TPSA) is 75.0 Å². The summed E-state index contributed by atoms with van der Waals surface area (Å²) >= 11 is 1.52. The van der Waals surface area contributed by atoms with Crippen LogP contribution in [0.2, 0.25) is 0 Å². The number of nitriles is 1. The number of ether oxygens (including phenoxy) is 1. The highest BCUT2D eigenvalue weighted by atomic mass is 32.1. The van der Waals surface area contributed by atoms with Gasteiger partial charge < -0.3 is 10.1 Å². The van der Waals surface area contributed by atoms with Gasteiger partial charge in [0, 0.05) is 17.5 Å². The summed E-state index contributed by atoms with van der Waals surface area (Å²) in [6.07, 6.45) is 0.240. The van der Waals surface area contributed by atoms with Crippen LogP contribution in [0.1, 0.15) is 23.7 Å². The molecule has 0 aliphatic carbocycles. The first kappa shape index (κ1) is 18.6. The number of aromatic nitrogens is 1. The van der Waals surface area contributed by atoms with E-state index in [1.54, 1.807) is 12.1 Å². The van der Waals surface area contributed by atoms with Gasteiger partial charge in [0.1, 0.15) is 10.8 Å². The third kappa shape index (κ3) is 5.16. The number of carbonyl (C=O) groups excluding carboxylic acids is 1. The van der Waals surface area contributed by atoms with Crippen LogP contribution in [-0.4, -0.2) is 17.5 Å². The molecular weight excluding hydrogens is 358 g/mol. The van der Waals surface area contributed by atoms with Crippen LogP contribution in [0.5, 0.6) is 5.75 Å². The predicted molar refractivity (Wildman–Crippen MR) is 105 cm³/mol. The lowest BCUT2D eigenvalue weighted by Gasteiger charge is -2.04. The van der Waals surface area contributed by atoms with Crippen LogP contribution in [0.15, 0.2) is 53.9 Å². The Labute approximate surface area is 162 Å². The van der Waals surface area contributed by atoms with E-state index in [1.807, 2.05) is 48.7 Å². The van der Waals surface area contributed by atoms with Gasteiger partial charge in [-0.2, -0.15) is 5.26 Å². The summed E-state index contributed by atoms with van der Waals surface area (Å²) in [5, 5.41) is 14.5. The minimum atomic E-state index is -0.0806. The summed E-state index contributed by atoms with van der Waals surface area (Å²) in [5.74, 6) is 0.753. The molecule has 0 spiro atoms. The Morgan fingerprint density at radius 3 is 2.59 bits per heavy atom. The van der Waals surface area contributed by atoms with Crippen molar-refractivity contribution in [2.24, 2.45) is 0 Å². The first-order chi connectivity index (χ1) is 13.2. The molecule has 0 aliphatic heterocycles. The maximum atomic E-state index is 12.2. The van der Waals surface area contributed by atoms with E-state index in [9.17, 15) is 4.79 Å². The second kappa shape index (κ2) is 8.97. The summed E-state index contributed by atoms with van der Waals surface area (Å²) < 4.78 is 5.45. The predicted octanol–water partition coefficient (Wildman–Crippen LogP) is 3.94. The van der Waals surface area contributed by atoms with Gasteiger partial charge >= 0.3 is 0 Å². The fourth-order valence-corrected chi connectivity index (χ4v) is 3.33. The molecule has 2 aromatic carbocycles. The van der Waals surface area contributed by atoms with Gasteiger partial charge in [0.15, 0.2) is 0 Å². The zero-order valence-electron chi connectivity index (χ0n) is 14.9. The minimum absolute atomic E-state index is 0.0806. The minimum Gasteiger partial charge on any atom is -0.494 e. The third-order valence-electron chi connectivity index (χ3n) is 3.88. The van der Waals surface area contributed by atoms with Crippen molar-refractivity contribution in [1.29, 1.82) is 5.26 Å². The van der Waals surface area contributed by atoms with Gasteiger partial charge in [-0.15, -0.1) is 11.3 Å². The summed E-state index contributed by atoms with van der Waals surface area (Å²) in [5.41, 5.74) is 3.32. The maximum absolute atomic E-state index is 12.2. The van der Waals surface area contributed by atoms with Crippen molar-refractivity contribution >= 4 is 17.2 Å². The molecule has 0 saturated carbocycles. The molecule has 136 valence electrons. The van der Waals surface area contributed by atoms with Gasteiger partial charge in [-0.25, -0.2) is 4.98 Å². The van der Waals surface area contributed by atoms with E-state index >= 15 is 0 Å². The summed E-state index contributed by atoms with van der Waals surface area (Å²) in [4.78, 5) is 16.7. The number of nitrogens with zero attached hydrogens (tertiary/aromatic N) is 2. The quantitative estimate of drug-likeness (QED) is 0.677. The molecule has 5 nitrogen and oxygen atoms in total. The molecule has 1 N–H and O–H groups in total. The van der Waals surface area contributed by atoms with E-state index < -0.39 is 0 Å². The average molecular weight is 377 g/mol. The fraction of sp³-hybridized carbons (Fsp3) is 0.190. The first-order valence-corrected chi connectivity index (χ1v) is 9.49. The molecule has 1 amide bonds. The van der Waals surface area contributed by atoms with Crippen molar-refractivity contribution in [2.45, 2.75) is 19.9 Å². The number of hydrogen-bond acceptors (Lipinski definition) is 5. The van der Waals surface area contributed by atoms with Gasteiger partial charge in [-0.3, -0.25) is 4.79 Å². The summed E-state index contributed by atoms with van der Waals surface area (Å²) in [7, 11) is 0. The van der Waals surface area contributed by atoms with Gasteiger partial charge in [-0.05, 0) is 48.9 Å². The third-order valence-corrected chi connectivity index (χ3v) is 4.82. The zero-order chi connectivity index (χ0) is 19.1. The van der Waals surface area contributed by atoms with Gasteiger partial charge in [0.05, 0.1) is 30.4 Å². The van der Waals surface area contributed by atoms with Crippen LogP contribution >= 0.6 is 11.3 Å². The highest BCUT2D eigenvalue weighted by Crippen LogP contribution is 2.26. The molecule has 0 saturated heterocycles. The number of rotatable bonds is 7. The van der Waals surface area contributed by atoms with Crippen LogP contribution in [0.4, 0.5) is 0 Å². The number of amides is 1. The van der Waals surface area contributed by atoms with E-state index in [1.165, 1.54) is 11.3 Å². The first-order valence-electron chi connectivity index (χ1n) is 8.61. The Bertz CT molecular complexity index is 941. The molecule has 0 bridgehead atoms. The molecule has 1 heterocycles. The Kier molecular flexibility index (Phi) is 6.18. The van der Waals surface area contributed by atoms with E-state index in [0.717, 1.165) is 27.6 Å². The van der Waals surface area contributed by atoms with Crippen molar-refractivity contribution < 1.29 is 9.53 Å². The second-order valence-corrected chi connectivity index (χ2v) is 6.72. The van der Waals surface area contributed by atoms with Crippen molar-refractivity contribution in [3.63, 3.8) is 0 Å². The fourth-order valence-electron chi connectivity index (χ4n) is 2.51. The second-order valence-electron chi connectivity index (χ2n) is 5.86. The van der Waals surface area contributed by atoms with E-state index in [2.05, 4.69) is 16.4 Å². The zero-order valence-corrected chi connectivity index (χ0v) is 15.8. The molecule has 0 atom stereocenters. The highest BCUT2D eigenvalue weighted by molar-refractivity contribution is 7.13. The molecule has 3 aromatic rings. The average Bonchev–Trinajstić information content (AvgIpc) is 3.16. The Morgan fingerprint density at radius 2 is 1.93 bits per heavy atom. The highest BCUT2D eigenvalue weighted by Gasteiger charge is 2.09. The lowest BCUT2D eigenvalue weighted by atomic mass is 10.1. The van der Waals surface area contributed by atoms with Gasteiger partial charge in [0.25, 0.3) is 0 Å². The molecule has 0 unspecified atom stereocenters. The Hall–Kier alpha value is -3.17. The summed E-state index contributed by atoms with van der Waals surface area (Å²) in [6, 6.07) is 17.0. The van der Waals surface area contributed by atoms with Crippen LogP contribution in [-0.2, 0) is 17.8 Å². The van der Waals surface area contributed by atoms with E-state index in [0.29, 0.717) is 18.7 Å². The van der Waals surface area contributed by atoms with Crippen LogP contribution < -0.4 is 10.1 Å². The molecule has 0 radical (unpaired) electrons. The van der Waals surface area contributed by atoms with Crippen LogP contribution in [0, 0.1) is 11.3 Å². The molecular formula is C21H19N3O2S. The van der Waals surface area contributed by atoms with Crippen molar-refractivity contribution in [1.82, 2.24) is 10.3 Å². The van der Waals surface area contributed by atoms with Crippen molar-refractivity contribution in [3.8, 4) is 22.4 Å². The standard InChI is InChI=1S/C21H19N3O2S/c1-2-26-19-9-7-17(8-10-19)21-24-18(14-27-21)11-20(25)23-13-16-5-3-15(12-22)4-6-16/h3-10,14H,2,11,13H2,1H3,(H,23,25). The molecule has 1 aromatic heterocycles. The molecule has 6 heteroatoms. The van der Waals surface area contributed by atoms with Crippen molar-refractivity contribution in [2.75, 3.05) is 6.61 Å². The monoisotopic (exact) mass is 377 g/mol. The number of carbonyl (C=O) groups is 1. The summed E-state index contributed by atoms with van der Waals surface area (Å²) in [6.45, 7) is 3.02. The largest absolute Gasteiger partial charge is 0.494 e. The molecule has 0 aliphatic rings. The smallest absolute Gasteiger partial charge is 0.226 e. The van der Waals surface area contributed by atoms with Gasteiger partial charge in [0.2, 0.25) is 5.91 Å². The van der Waals surface area contributed by atoms with Crippen LogP contribution in [0.25, 0.3) is 10.6 Å². The normalized spacial score (nSPS) is 10.2. The van der Waals surface area contributed by atoms with E-state index in [4.69, 9.17) is 10.00 Å². The lowest BCUT2D eigenvalue weighted by Crippen LogP contribution is -2.24. The molecule has 27 heavy (non-hydrogen) atoms. The van der Waals surface area contributed by atoms with E-state index in [-0.39, 0.29) is 12.3 Å². The molecule has 0 fully saturated rings. The number of thiazole rings is 1. The lowest BCUT2D eigenvalue weighted by molar-refractivity contribution is -0.120. The Balaban J connectivity index is 1.55. The van der Waals surface area contributed by atoms with Gasteiger partial charge in [-0.1, -0.05) is 12.1 Å². The number of hydrogen-bond donors (Lipinski definition) is 1. The van der Waals surface area contributed by atoms with Crippen LogP contribution in [0.3, 0.4) is 0 Å².